The molecule has 0 amide bonds. The van der Waals surface area contributed by atoms with Crippen LogP contribution >= 0.6 is 0 Å². The molecule has 2 aromatic carbocycles. The second kappa shape index (κ2) is 11.8. The fraction of sp³-hybridized carbons (Fsp3) is 0.469. The van der Waals surface area contributed by atoms with Gasteiger partial charge in [0.1, 0.15) is 5.60 Å². The maximum absolute atomic E-state index is 13.5. The van der Waals surface area contributed by atoms with Gasteiger partial charge in [-0.2, -0.15) is 13.2 Å². The van der Waals surface area contributed by atoms with Crippen LogP contribution in [0, 0.1) is 5.92 Å². The van der Waals surface area contributed by atoms with E-state index >= 15 is 0 Å². The first-order chi connectivity index (χ1) is 19.6. The summed E-state index contributed by atoms with van der Waals surface area (Å²) in [5, 5.41) is 0. The number of likely N-dealkylation sites (tertiary alicyclic amines) is 1. The minimum atomic E-state index is -4.37. The van der Waals surface area contributed by atoms with Crippen LogP contribution in [-0.2, 0) is 20.5 Å². The molecule has 0 bridgehead atoms. The number of carbonyl (C=O) groups excluding carboxylic acids is 3. The molecule has 0 unspecified atom stereocenters. The summed E-state index contributed by atoms with van der Waals surface area (Å²) in [5.41, 5.74) is 0.503. The Morgan fingerprint density at radius 2 is 1.63 bits per heavy atom. The number of Topliss-reactive ketones (excluding diaryl/α,β-unsaturated/α-hetero) is 2. The van der Waals surface area contributed by atoms with Crippen molar-refractivity contribution in [1.82, 2.24) is 4.90 Å². The molecule has 218 valence electrons. The van der Waals surface area contributed by atoms with E-state index in [0.29, 0.717) is 74.3 Å². The third-order valence-electron chi connectivity index (χ3n) is 8.76. The van der Waals surface area contributed by atoms with Gasteiger partial charge in [0.15, 0.2) is 11.6 Å². The summed E-state index contributed by atoms with van der Waals surface area (Å²) in [6.45, 7) is 4.28. The lowest BCUT2D eigenvalue weighted by atomic mass is 9.79. The first kappa shape index (κ1) is 29.0. The largest absolute Gasteiger partial charge is 0.451 e. The van der Waals surface area contributed by atoms with E-state index in [1.54, 1.807) is 25.1 Å². The molecule has 0 atom stereocenters. The topological polar surface area (TPSA) is 66.9 Å². The molecule has 0 saturated carbocycles. The molecule has 41 heavy (non-hydrogen) atoms. The zero-order valence-electron chi connectivity index (χ0n) is 23.2. The van der Waals surface area contributed by atoms with Gasteiger partial charge in [-0.15, -0.1) is 0 Å². The van der Waals surface area contributed by atoms with Gasteiger partial charge in [-0.05, 0) is 50.3 Å². The first-order valence-corrected chi connectivity index (χ1v) is 14.3. The van der Waals surface area contributed by atoms with Crippen molar-refractivity contribution in [2.75, 3.05) is 37.6 Å². The Balaban J connectivity index is 1.14. The SMILES string of the molecule is CC1=C(C(=O)CCC2CCN(c3cccc(C(F)(F)F)c3)CC2)C2(CCN(CC(=O)c3ccccc3)CC2)OC1=O. The number of benzene rings is 2. The monoisotopic (exact) mass is 568 g/mol. The number of ketones is 2. The van der Waals surface area contributed by atoms with Crippen molar-refractivity contribution in [3.63, 3.8) is 0 Å². The summed E-state index contributed by atoms with van der Waals surface area (Å²) < 4.78 is 45.2. The predicted octanol–water partition coefficient (Wildman–Crippen LogP) is 5.86. The number of hydrogen-bond acceptors (Lipinski definition) is 6. The average Bonchev–Trinajstić information content (AvgIpc) is 3.22. The van der Waals surface area contributed by atoms with Crippen LogP contribution in [0.15, 0.2) is 65.7 Å². The third-order valence-corrected chi connectivity index (χ3v) is 8.76. The van der Waals surface area contributed by atoms with Crippen LogP contribution in [-0.4, -0.2) is 60.8 Å². The van der Waals surface area contributed by atoms with Crippen LogP contribution in [0.2, 0.25) is 0 Å². The van der Waals surface area contributed by atoms with Gasteiger partial charge in [0.2, 0.25) is 0 Å². The second-order valence-corrected chi connectivity index (χ2v) is 11.4. The van der Waals surface area contributed by atoms with E-state index in [2.05, 4.69) is 0 Å². The molecule has 0 radical (unpaired) electrons. The van der Waals surface area contributed by atoms with E-state index in [-0.39, 0.29) is 24.0 Å². The van der Waals surface area contributed by atoms with Crippen LogP contribution in [0.5, 0.6) is 0 Å². The summed E-state index contributed by atoms with van der Waals surface area (Å²) in [6.07, 6.45) is -0.911. The van der Waals surface area contributed by atoms with E-state index in [0.717, 1.165) is 18.9 Å². The number of anilines is 1. The van der Waals surface area contributed by atoms with Crippen molar-refractivity contribution in [1.29, 1.82) is 0 Å². The van der Waals surface area contributed by atoms with Crippen LogP contribution < -0.4 is 4.90 Å². The van der Waals surface area contributed by atoms with E-state index in [1.165, 1.54) is 12.1 Å². The molecule has 2 aromatic rings. The molecule has 0 aromatic heterocycles. The highest BCUT2D eigenvalue weighted by molar-refractivity contribution is 6.08. The fourth-order valence-electron chi connectivity index (χ4n) is 6.37. The Kier molecular flexibility index (Phi) is 8.36. The number of rotatable bonds is 8. The van der Waals surface area contributed by atoms with Crippen LogP contribution in [0.25, 0.3) is 0 Å². The van der Waals surface area contributed by atoms with Crippen LogP contribution in [0.3, 0.4) is 0 Å². The van der Waals surface area contributed by atoms with Crippen molar-refractivity contribution < 1.29 is 32.3 Å². The molecular weight excluding hydrogens is 533 g/mol. The maximum atomic E-state index is 13.5. The Morgan fingerprint density at radius 1 is 0.951 bits per heavy atom. The maximum Gasteiger partial charge on any atom is 0.416 e. The highest BCUT2D eigenvalue weighted by Gasteiger charge is 2.50. The minimum Gasteiger partial charge on any atom is -0.451 e. The standard InChI is InChI=1S/C32H35F3N2O4/c1-22-29(31(41-30(22)40)14-18-36(19-15-31)21-28(39)24-6-3-2-4-7-24)27(38)11-10-23-12-16-37(17-13-23)26-9-5-8-25(20-26)32(33,34)35/h2-9,20,23H,10-19,21H2,1H3. The number of halogens is 3. The summed E-state index contributed by atoms with van der Waals surface area (Å²) >= 11 is 0. The smallest absolute Gasteiger partial charge is 0.416 e. The van der Waals surface area contributed by atoms with Gasteiger partial charge in [-0.25, -0.2) is 4.79 Å². The first-order valence-electron chi connectivity index (χ1n) is 14.3. The number of alkyl halides is 3. The van der Waals surface area contributed by atoms with Crippen molar-refractivity contribution in [3.8, 4) is 0 Å². The number of nitrogens with zero attached hydrogens (tertiary/aromatic N) is 2. The Hall–Kier alpha value is -3.46. The molecule has 3 heterocycles. The highest BCUT2D eigenvalue weighted by Crippen LogP contribution is 2.42. The molecule has 3 aliphatic heterocycles. The van der Waals surface area contributed by atoms with Crippen LogP contribution in [0.4, 0.5) is 18.9 Å². The molecule has 0 aliphatic carbocycles. The fourth-order valence-corrected chi connectivity index (χ4v) is 6.37. The Bertz CT molecular complexity index is 1320. The number of piperidine rings is 2. The average molecular weight is 569 g/mol. The quantitative estimate of drug-likeness (QED) is 0.294. The summed E-state index contributed by atoms with van der Waals surface area (Å²) in [7, 11) is 0. The van der Waals surface area contributed by atoms with Crippen molar-refractivity contribution in [2.24, 2.45) is 5.92 Å². The van der Waals surface area contributed by atoms with Crippen molar-refractivity contribution in [3.05, 3.63) is 76.9 Å². The number of hydrogen-bond donors (Lipinski definition) is 0. The predicted molar refractivity (Wildman–Crippen MR) is 149 cm³/mol. The van der Waals surface area contributed by atoms with Crippen LogP contribution in [0.1, 0.15) is 61.4 Å². The van der Waals surface area contributed by atoms with Crippen molar-refractivity contribution in [2.45, 2.75) is 57.2 Å². The van der Waals surface area contributed by atoms with Gasteiger partial charge in [0.05, 0.1) is 12.1 Å². The molecule has 0 N–H and O–H groups in total. The molecule has 2 saturated heterocycles. The lowest BCUT2D eigenvalue weighted by molar-refractivity contribution is -0.150. The molecular formula is C32H35F3N2O4. The zero-order chi connectivity index (χ0) is 29.2. The number of carbonyl (C=O) groups is 3. The molecule has 6 nitrogen and oxygen atoms in total. The molecule has 3 aliphatic rings. The van der Waals surface area contributed by atoms with Gasteiger partial charge in [-0.1, -0.05) is 36.4 Å². The number of esters is 1. The molecule has 5 rings (SSSR count). The molecule has 9 heteroatoms. The lowest BCUT2D eigenvalue weighted by Gasteiger charge is -2.39. The summed E-state index contributed by atoms with van der Waals surface area (Å²) in [4.78, 5) is 42.8. The molecule has 1 spiro atoms. The van der Waals surface area contributed by atoms with Gasteiger partial charge in [-0.3, -0.25) is 14.5 Å². The van der Waals surface area contributed by atoms with E-state index < -0.39 is 23.3 Å². The summed E-state index contributed by atoms with van der Waals surface area (Å²) in [5.74, 6) is -0.201. The van der Waals surface area contributed by atoms with Gasteiger partial charge >= 0.3 is 12.1 Å². The zero-order valence-corrected chi connectivity index (χ0v) is 23.2. The highest BCUT2D eigenvalue weighted by atomic mass is 19.4. The summed E-state index contributed by atoms with van der Waals surface area (Å²) in [6, 6.07) is 14.5. The van der Waals surface area contributed by atoms with E-state index in [9.17, 15) is 27.6 Å². The van der Waals surface area contributed by atoms with Crippen molar-refractivity contribution >= 4 is 23.2 Å². The van der Waals surface area contributed by atoms with Gasteiger partial charge in [0, 0.05) is 67.8 Å². The number of ether oxygens (including phenoxy) is 1. The van der Waals surface area contributed by atoms with E-state index in [1.807, 2.05) is 28.0 Å². The Morgan fingerprint density at radius 3 is 2.29 bits per heavy atom. The minimum absolute atomic E-state index is 0.0343. The molecule has 2 fully saturated rings. The second-order valence-electron chi connectivity index (χ2n) is 11.4. The normalized spacial score (nSPS) is 20.0. The van der Waals surface area contributed by atoms with E-state index in [4.69, 9.17) is 4.74 Å². The third kappa shape index (κ3) is 6.40. The lowest BCUT2D eigenvalue weighted by Crippen LogP contribution is -2.48. The Labute approximate surface area is 238 Å². The van der Waals surface area contributed by atoms with Gasteiger partial charge in [0.25, 0.3) is 0 Å². The van der Waals surface area contributed by atoms with Gasteiger partial charge < -0.3 is 9.64 Å².